The molecule has 0 bridgehead atoms. The average molecular weight is 278 g/mol. The van der Waals surface area contributed by atoms with Crippen LogP contribution in [0.3, 0.4) is 0 Å². The maximum Gasteiger partial charge on any atom is 0.246 e. The molecular weight excluding hydrogens is 256 g/mol. The molecule has 1 aromatic heterocycles. The Bertz CT molecular complexity index is 456. The van der Waals surface area contributed by atoms with Gasteiger partial charge in [-0.15, -0.1) is 0 Å². The fraction of sp³-hybridized carbons (Fsp3) is 0.667. The minimum Gasteiger partial charge on any atom is -0.480 e. The van der Waals surface area contributed by atoms with Crippen molar-refractivity contribution in [3.05, 3.63) is 11.9 Å². The first kappa shape index (κ1) is 14.8. The molecular formula is C15H22N2O3. The lowest BCUT2D eigenvalue weighted by Gasteiger charge is -2.20. The van der Waals surface area contributed by atoms with Crippen LogP contribution in [0.25, 0.3) is 0 Å². The predicted octanol–water partition coefficient (Wildman–Crippen LogP) is 3.04. The van der Waals surface area contributed by atoms with E-state index in [0.717, 1.165) is 6.42 Å². The van der Waals surface area contributed by atoms with Crippen LogP contribution >= 0.6 is 0 Å². The standard InChI is InChI=1S/C15H22N2O3/c1-19-13-10-16-14(15(17-13)20-2)12(18)9-8-11-6-4-3-5-7-11/h10-11H,3-9H2,1-2H3. The van der Waals surface area contributed by atoms with Crippen LogP contribution in [0.2, 0.25) is 0 Å². The molecule has 0 saturated heterocycles. The van der Waals surface area contributed by atoms with Crippen LogP contribution in [0.15, 0.2) is 6.20 Å². The van der Waals surface area contributed by atoms with Crippen molar-refractivity contribution in [2.45, 2.75) is 44.9 Å². The Hall–Kier alpha value is -1.65. The molecule has 110 valence electrons. The second kappa shape index (κ2) is 7.22. The summed E-state index contributed by atoms with van der Waals surface area (Å²) in [6, 6.07) is 0. The van der Waals surface area contributed by atoms with E-state index in [2.05, 4.69) is 9.97 Å². The smallest absolute Gasteiger partial charge is 0.246 e. The molecule has 0 aliphatic heterocycles. The Morgan fingerprint density at radius 1 is 1.25 bits per heavy atom. The van der Waals surface area contributed by atoms with Crippen molar-refractivity contribution in [3.63, 3.8) is 0 Å². The molecule has 0 amide bonds. The molecule has 1 aliphatic rings. The summed E-state index contributed by atoms with van der Waals surface area (Å²) in [5.74, 6) is 1.29. The number of hydrogen-bond acceptors (Lipinski definition) is 5. The van der Waals surface area contributed by atoms with Crippen LogP contribution in [0, 0.1) is 5.92 Å². The normalized spacial score (nSPS) is 15.9. The summed E-state index contributed by atoms with van der Waals surface area (Å²) in [5, 5.41) is 0. The lowest BCUT2D eigenvalue weighted by atomic mass is 9.85. The number of methoxy groups -OCH3 is 2. The number of nitrogens with zero attached hydrogens (tertiary/aromatic N) is 2. The lowest BCUT2D eigenvalue weighted by Crippen LogP contribution is -2.11. The van der Waals surface area contributed by atoms with Crippen LogP contribution in [-0.4, -0.2) is 30.0 Å². The van der Waals surface area contributed by atoms with Crippen molar-refractivity contribution < 1.29 is 14.3 Å². The molecule has 20 heavy (non-hydrogen) atoms. The van der Waals surface area contributed by atoms with Gasteiger partial charge >= 0.3 is 0 Å². The monoisotopic (exact) mass is 278 g/mol. The molecule has 1 fully saturated rings. The highest BCUT2D eigenvalue weighted by Gasteiger charge is 2.19. The molecule has 0 spiro atoms. The Kier molecular flexibility index (Phi) is 5.32. The summed E-state index contributed by atoms with van der Waals surface area (Å²) in [4.78, 5) is 20.5. The first-order valence-electron chi connectivity index (χ1n) is 7.22. The highest BCUT2D eigenvalue weighted by Crippen LogP contribution is 2.28. The number of carbonyl (C=O) groups is 1. The van der Waals surface area contributed by atoms with E-state index < -0.39 is 0 Å². The Morgan fingerprint density at radius 2 is 2.00 bits per heavy atom. The molecule has 1 aliphatic carbocycles. The minimum absolute atomic E-state index is 0.00239. The van der Waals surface area contributed by atoms with E-state index in [0.29, 0.717) is 23.9 Å². The Balaban J connectivity index is 1.97. The highest BCUT2D eigenvalue weighted by atomic mass is 16.5. The summed E-state index contributed by atoms with van der Waals surface area (Å²) in [6.07, 6.45) is 9.34. The molecule has 1 saturated carbocycles. The molecule has 0 N–H and O–H groups in total. The first-order valence-corrected chi connectivity index (χ1v) is 7.22. The van der Waals surface area contributed by atoms with Crippen molar-refractivity contribution in [2.24, 2.45) is 5.92 Å². The third-order valence-electron chi connectivity index (χ3n) is 3.89. The number of Topliss-reactive ketones (excluding diaryl/α,β-unsaturated/α-hetero) is 1. The second-order valence-corrected chi connectivity index (χ2v) is 5.24. The molecule has 0 unspecified atom stereocenters. The van der Waals surface area contributed by atoms with Gasteiger partial charge in [0, 0.05) is 6.42 Å². The van der Waals surface area contributed by atoms with Crippen LogP contribution in [0.1, 0.15) is 55.4 Å². The van der Waals surface area contributed by atoms with Crippen molar-refractivity contribution in [2.75, 3.05) is 14.2 Å². The van der Waals surface area contributed by atoms with Crippen LogP contribution < -0.4 is 9.47 Å². The number of rotatable bonds is 6. The van der Waals surface area contributed by atoms with Gasteiger partial charge in [-0.2, -0.15) is 4.98 Å². The maximum absolute atomic E-state index is 12.2. The van der Waals surface area contributed by atoms with Crippen molar-refractivity contribution >= 4 is 5.78 Å². The van der Waals surface area contributed by atoms with Crippen molar-refractivity contribution in [1.29, 1.82) is 0 Å². The van der Waals surface area contributed by atoms with Gasteiger partial charge in [0.05, 0.1) is 20.4 Å². The summed E-state index contributed by atoms with van der Waals surface area (Å²) < 4.78 is 10.1. The third-order valence-corrected chi connectivity index (χ3v) is 3.89. The number of carbonyl (C=O) groups excluding carboxylic acids is 1. The van der Waals surface area contributed by atoms with Gasteiger partial charge in [0.2, 0.25) is 11.8 Å². The largest absolute Gasteiger partial charge is 0.480 e. The van der Waals surface area contributed by atoms with Crippen LogP contribution in [-0.2, 0) is 0 Å². The fourth-order valence-corrected chi connectivity index (χ4v) is 2.72. The second-order valence-electron chi connectivity index (χ2n) is 5.24. The molecule has 5 nitrogen and oxygen atoms in total. The number of ketones is 1. The van der Waals surface area contributed by atoms with Gasteiger partial charge in [0.25, 0.3) is 0 Å². The minimum atomic E-state index is 0.00239. The number of ether oxygens (including phenoxy) is 2. The fourth-order valence-electron chi connectivity index (χ4n) is 2.72. The van der Waals surface area contributed by atoms with Crippen molar-refractivity contribution in [3.8, 4) is 11.8 Å². The topological polar surface area (TPSA) is 61.3 Å². The van der Waals surface area contributed by atoms with Gasteiger partial charge in [0.1, 0.15) is 0 Å². The van der Waals surface area contributed by atoms with Crippen molar-refractivity contribution in [1.82, 2.24) is 9.97 Å². The van der Waals surface area contributed by atoms with Crippen LogP contribution in [0.5, 0.6) is 11.8 Å². The van der Waals surface area contributed by atoms with Gasteiger partial charge < -0.3 is 9.47 Å². The predicted molar refractivity (Wildman–Crippen MR) is 75.3 cm³/mol. The SMILES string of the molecule is COc1cnc(C(=O)CCC2CCCCC2)c(OC)n1. The third kappa shape index (κ3) is 3.68. The Labute approximate surface area is 119 Å². The lowest BCUT2D eigenvalue weighted by molar-refractivity contribution is 0.0961. The Morgan fingerprint density at radius 3 is 2.65 bits per heavy atom. The van der Waals surface area contributed by atoms with Gasteiger partial charge in [-0.1, -0.05) is 32.1 Å². The first-order chi connectivity index (χ1) is 9.74. The van der Waals surface area contributed by atoms with E-state index >= 15 is 0 Å². The van der Waals surface area contributed by atoms with E-state index in [1.807, 2.05) is 0 Å². The quantitative estimate of drug-likeness (QED) is 0.748. The van der Waals surface area contributed by atoms with E-state index in [-0.39, 0.29) is 11.7 Å². The van der Waals surface area contributed by atoms with Crippen LogP contribution in [0.4, 0.5) is 0 Å². The number of hydrogen-bond donors (Lipinski definition) is 0. The molecule has 2 rings (SSSR count). The average Bonchev–Trinajstić information content (AvgIpc) is 2.52. The molecule has 0 aromatic carbocycles. The number of aromatic nitrogens is 2. The van der Waals surface area contributed by atoms with Gasteiger partial charge in [-0.25, -0.2) is 4.98 Å². The molecule has 5 heteroatoms. The van der Waals surface area contributed by atoms with Gasteiger partial charge in [-0.05, 0) is 12.3 Å². The van der Waals surface area contributed by atoms with E-state index in [1.165, 1.54) is 52.5 Å². The molecule has 0 radical (unpaired) electrons. The summed E-state index contributed by atoms with van der Waals surface area (Å²) in [6.45, 7) is 0. The summed E-state index contributed by atoms with van der Waals surface area (Å²) >= 11 is 0. The van der Waals surface area contributed by atoms with E-state index in [9.17, 15) is 4.79 Å². The summed E-state index contributed by atoms with van der Waals surface area (Å²) in [5.41, 5.74) is 0.309. The van der Waals surface area contributed by atoms with Gasteiger partial charge in [0.15, 0.2) is 11.5 Å². The molecule has 1 aromatic rings. The van der Waals surface area contributed by atoms with E-state index in [1.54, 1.807) is 0 Å². The molecule has 1 heterocycles. The van der Waals surface area contributed by atoms with E-state index in [4.69, 9.17) is 9.47 Å². The summed E-state index contributed by atoms with van der Waals surface area (Å²) in [7, 11) is 3.00. The zero-order valence-electron chi connectivity index (χ0n) is 12.2. The highest BCUT2D eigenvalue weighted by molar-refractivity contribution is 5.96. The van der Waals surface area contributed by atoms with Gasteiger partial charge in [-0.3, -0.25) is 4.79 Å². The maximum atomic E-state index is 12.2. The zero-order chi connectivity index (χ0) is 14.4. The molecule has 0 atom stereocenters. The zero-order valence-corrected chi connectivity index (χ0v) is 12.2.